The van der Waals surface area contributed by atoms with E-state index in [1.807, 2.05) is 97.3 Å². The van der Waals surface area contributed by atoms with Crippen molar-refractivity contribution in [1.82, 2.24) is 14.9 Å². The minimum atomic E-state index is -0.0752. The number of fused-ring (bicyclic) bond motifs is 1. The van der Waals surface area contributed by atoms with Gasteiger partial charge in [0.05, 0.1) is 11.0 Å². The molecule has 1 aromatic heterocycles. The second kappa shape index (κ2) is 10.8. The molecule has 0 spiro atoms. The van der Waals surface area contributed by atoms with Crippen molar-refractivity contribution < 1.29 is 9.59 Å². The van der Waals surface area contributed by atoms with Crippen LogP contribution in [-0.2, 0) is 17.8 Å². The molecule has 0 saturated heterocycles. The number of para-hydroxylation sites is 3. The smallest absolute Gasteiger partial charge is 0.251 e. The molecule has 2 amide bonds. The summed E-state index contributed by atoms with van der Waals surface area (Å²) in [6.45, 7) is 5.30. The molecule has 0 fully saturated rings. The van der Waals surface area contributed by atoms with E-state index >= 15 is 0 Å². The summed E-state index contributed by atoms with van der Waals surface area (Å²) in [5.74, 6) is 0.795. The zero-order valence-electron chi connectivity index (χ0n) is 19.7. The van der Waals surface area contributed by atoms with E-state index in [-0.39, 0.29) is 18.4 Å². The largest absolute Gasteiger partial charge is 0.352 e. The number of carbonyl (C=O) groups is 2. The first kappa shape index (κ1) is 23.2. The van der Waals surface area contributed by atoms with Crippen LogP contribution in [0.3, 0.4) is 0 Å². The van der Waals surface area contributed by atoms with E-state index in [0.29, 0.717) is 25.1 Å². The predicted octanol–water partition coefficient (Wildman–Crippen LogP) is 4.76. The predicted molar refractivity (Wildman–Crippen MR) is 136 cm³/mol. The number of hydrogen-bond acceptors (Lipinski definition) is 3. The molecule has 6 heteroatoms. The fraction of sp³-hybridized carbons (Fsp3) is 0.250. The van der Waals surface area contributed by atoms with Gasteiger partial charge < -0.3 is 14.8 Å². The van der Waals surface area contributed by atoms with Crippen LogP contribution in [0.25, 0.3) is 11.0 Å². The van der Waals surface area contributed by atoms with E-state index in [1.54, 1.807) is 4.90 Å². The molecule has 34 heavy (non-hydrogen) atoms. The Kier molecular flexibility index (Phi) is 7.38. The number of nitrogens with zero attached hydrogens (tertiary/aromatic N) is 3. The lowest BCUT2D eigenvalue weighted by molar-refractivity contribution is -0.119. The fourth-order valence-electron chi connectivity index (χ4n) is 4.16. The number of anilines is 1. The van der Waals surface area contributed by atoms with Crippen molar-refractivity contribution in [3.63, 3.8) is 0 Å². The number of aromatic nitrogens is 2. The van der Waals surface area contributed by atoms with Crippen molar-refractivity contribution in [2.75, 3.05) is 18.0 Å². The third-order valence-corrected chi connectivity index (χ3v) is 5.86. The van der Waals surface area contributed by atoms with Gasteiger partial charge in [-0.25, -0.2) is 4.98 Å². The highest BCUT2D eigenvalue weighted by Crippen LogP contribution is 2.19. The number of likely N-dealkylation sites (N-methyl/N-ethyl adjacent to an activating group) is 1. The molecule has 0 aliphatic heterocycles. The average Bonchev–Trinajstić information content (AvgIpc) is 3.20. The lowest BCUT2D eigenvalue weighted by Crippen LogP contribution is -2.34. The van der Waals surface area contributed by atoms with E-state index < -0.39 is 0 Å². The maximum Gasteiger partial charge on any atom is 0.251 e. The SMILES string of the molecule is CCN(C(=O)Cn1c(CCCNC(=O)c2cccc(C)c2)nc2ccccc21)c1ccccc1. The summed E-state index contributed by atoms with van der Waals surface area (Å²) < 4.78 is 2.01. The summed E-state index contributed by atoms with van der Waals surface area (Å²) in [5, 5.41) is 2.99. The minimum Gasteiger partial charge on any atom is -0.352 e. The van der Waals surface area contributed by atoms with Gasteiger partial charge in [-0.2, -0.15) is 0 Å². The van der Waals surface area contributed by atoms with E-state index in [9.17, 15) is 9.59 Å². The second-order valence-corrected chi connectivity index (χ2v) is 8.31. The summed E-state index contributed by atoms with van der Waals surface area (Å²) in [4.78, 5) is 32.3. The highest BCUT2D eigenvalue weighted by molar-refractivity contribution is 5.94. The van der Waals surface area contributed by atoms with Gasteiger partial charge in [0.2, 0.25) is 5.91 Å². The molecule has 1 N–H and O–H groups in total. The standard InChI is InChI=1S/C28H30N4O2/c1-3-31(23-13-5-4-6-14-23)27(33)20-32-25-16-8-7-15-24(25)30-26(32)17-10-18-29-28(34)22-12-9-11-21(2)19-22/h4-9,11-16,19H,3,10,17-18,20H2,1-2H3,(H,29,34). The molecule has 4 aromatic rings. The first-order valence-electron chi connectivity index (χ1n) is 11.7. The molecular weight excluding hydrogens is 424 g/mol. The molecule has 0 saturated carbocycles. The third-order valence-electron chi connectivity index (χ3n) is 5.86. The number of benzene rings is 3. The van der Waals surface area contributed by atoms with Crippen molar-refractivity contribution in [2.45, 2.75) is 33.2 Å². The monoisotopic (exact) mass is 454 g/mol. The van der Waals surface area contributed by atoms with Crippen molar-refractivity contribution in [2.24, 2.45) is 0 Å². The molecule has 174 valence electrons. The number of imidazole rings is 1. The highest BCUT2D eigenvalue weighted by Gasteiger charge is 2.18. The summed E-state index contributed by atoms with van der Waals surface area (Å²) in [6, 6.07) is 25.2. The maximum absolute atomic E-state index is 13.3. The van der Waals surface area contributed by atoms with E-state index in [0.717, 1.165) is 34.5 Å². The van der Waals surface area contributed by atoms with E-state index in [1.165, 1.54) is 0 Å². The van der Waals surface area contributed by atoms with E-state index in [2.05, 4.69) is 5.32 Å². The Bertz CT molecular complexity index is 1280. The molecular formula is C28H30N4O2. The molecule has 0 aliphatic carbocycles. The minimum absolute atomic E-state index is 0.0193. The Morgan fingerprint density at radius 2 is 1.74 bits per heavy atom. The topological polar surface area (TPSA) is 67.2 Å². The van der Waals surface area contributed by atoms with Gasteiger partial charge in [-0.15, -0.1) is 0 Å². The number of carbonyl (C=O) groups excluding carboxylic acids is 2. The highest BCUT2D eigenvalue weighted by atomic mass is 16.2. The third kappa shape index (κ3) is 5.34. The van der Waals surface area contributed by atoms with Gasteiger partial charge in [-0.3, -0.25) is 9.59 Å². The van der Waals surface area contributed by atoms with Crippen LogP contribution < -0.4 is 10.2 Å². The number of amides is 2. The van der Waals surface area contributed by atoms with Gasteiger partial charge in [0, 0.05) is 30.8 Å². The lowest BCUT2D eigenvalue weighted by Gasteiger charge is -2.22. The van der Waals surface area contributed by atoms with Gasteiger partial charge in [0.1, 0.15) is 12.4 Å². The van der Waals surface area contributed by atoms with Crippen molar-refractivity contribution >= 4 is 28.5 Å². The molecule has 4 rings (SSSR count). The van der Waals surface area contributed by atoms with Gasteiger partial charge in [0.25, 0.3) is 5.91 Å². The molecule has 0 atom stereocenters. The van der Waals surface area contributed by atoms with Crippen LogP contribution in [0.15, 0.2) is 78.9 Å². The summed E-state index contributed by atoms with van der Waals surface area (Å²) in [5.41, 5.74) is 4.43. The molecule has 3 aromatic carbocycles. The Morgan fingerprint density at radius 1 is 0.971 bits per heavy atom. The molecule has 6 nitrogen and oxygen atoms in total. The van der Waals surface area contributed by atoms with Gasteiger partial charge >= 0.3 is 0 Å². The zero-order chi connectivity index (χ0) is 23.9. The van der Waals surface area contributed by atoms with Crippen LogP contribution in [-0.4, -0.2) is 34.5 Å². The van der Waals surface area contributed by atoms with Gasteiger partial charge in [-0.1, -0.05) is 48.0 Å². The number of nitrogens with one attached hydrogen (secondary N) is 1. The Labute approximate surface area is 200 Å². The van der Waals surface area contributed by atoms with Crippen LogP contribution in [0.4, 0.5) is 5.69 Å². The van der Waals surface area contributed by atoms with Crippen LogP contribution in [0.5, 0.6) is 0 Å². The Morgan fingerprint density at radius 3 is 2.50 bits per heavy atom. The molecule has 0 radical (unpaired) electrons. The first-order chi connectivity index (χ1) is 16.6. The molecule has 0 aliphatic rings. The van der Waals surface area contributed by atoms with Crippen molar-refractivity contribution in [3.8, 4) is 0 Å². The molecule has 1 heterocycles. The summed E-state index contributed by atoms with van der Waals surface area (Å²) in [7, 11) is 0. The summed E-state index contributed by atoms with van der Waals surface area (Å²) in [6.07, 6.45) is 1.39. The van der Waals surface area contributed by atoms with Crippen LogP contribution in [0, 0.1) is 6.92 Å². The fourth-order valence-corrected chi connectivity index (χ4v) is 4.16. The zero-order valence-corrected chi connectivity index (χ0v) is 19.7. The number of aryl methyl sites for hydroxylation is 2. The van der Waals surface area contributed by atoms with Gasteiger partial charge in [0.15, 0.2) is 0 Å². The molecule has 0 unspecified atom stereocenters. The average molecular weight is 455 g/mol. The van der Waals surface area contributed by atoms with Crippen LogP contribution >= 0.6 is 0 Å². The second-order valence-electron chi connectivity index (χ2n) is 8.31. The van der Waals surface area contributed by atoms with Crippen molar-refractivity contribution in [1.29, 1.82) is 0 Å². The van der Waals surface area contributed by atoms with Crippen LogP contribution in [0.1, 0.15) is 35.1 Å². The lowest BCUT2D eigenvalue weighted by atomic mass is 10.1. The van der Waals surface area contributed by atoms with E-state index in [4.69, 9.17) is 4.98 Å². The maximum atomic E-state index is 13.3. The van der Waals surface area contributed by atoms with Gasteiger partial charge in [-0.05, 0) is 56.7 Å². The first-order valence-corrected chi connectivity index (χ1v) is 11.7. The van der Waals surface area contributed by atoms with Crippen LogP contribution in [0.2, 0.25) is 0 Å². The Hall–Kier alpha value is -3.93. The Balaban J connectivity index is 1.46. The molecule has 0 bridgehead atoms. The number of hydrogen-bond donors (Lipinski definition) is 1. The van der Waals surface area contributed by atoms with Crippen molar-refractivity contribution in [3.05, 3.63) is 95.8 Å². The summed E-state index contributed by atoms with van der Waals surface area (Å²) >= 11 is 0. The normalized spacial score (nSPS) is 10.9. The quantitative estimate of drug-likeness (QED) is 0.371. The number of rotatable bonds is 9.